The zero-order chi connectivity index (χ0) is 25.2. The lowest BCUT2D eigenvalue weighted by molar-refractivity contribution is -0.159. The number of amides is 1. The number of carboxylic acids is 2. The number of benzene rings is 1. The van der Waals surface area contributed by atoms with Crippen molar-refractivity contribution in [2.75, 3.05) is 52.1 Å². The molecular formula is C21H34N4O7S. The summed E-state index contributed by atoms with van der Waals surface area (Å²) in [6.07, 6.45) is 2.11. The molecule has 0 aromatic heterocycles. The molecule has 0 aliphatic carbocycles. The van der Waals surface area contributed by atoms with Crippen LogP contribution in [0.4, 0.5) is 5.69 Å². The van der Waals surface area contributed by atoms with Gasteiger partial charge < -0.3 is 20.4 Å². The number of anilines is 1. The number of carbonyl (C=O) groups is 3. The summed E-state index contributed by atoms with van der Waals surface area (Å²) in [5.74, 6) is -3.78. The van der Waals surface area contributed by atoms with Crippen LogP contribution >= 0.6 is 0 Å². The molecule has 33 heavy (non-hydrogen) atoms. The fourth-order valence-corrected chi connectivity index (χ4v) is 4.94. The Bertz CT molecular complexity index is 899. The summed E-state index contributed by atoms with van der Waals surface area (Å²) in [5, 5.41) is 17.6. The van der Waals surface area contributed by atoms with Gasteiger partial charge in [-0.25, -0.2) is 18.0 Å². The van der Waals surface area contributed by atoms with Crippen molar-refractivity contribution in [1.82, 2.24) is 14.1 Å². The van der Waals surface area contributed by atoms with Crippen molar-refractivity contribution < 1.29 is 33.0 Å². The molecule has 0 saturated carbocycles. The quantitative estimate of drug-likeness (QED) is 0.455. The number of carboxylic acid groups (broad SMARTS) is 2. The molecule has 11 nitrogen and oxygen atoms in total. The molecule has 1 aromatic rings. The highest BCUT2D eigenvalue weighted by molar-refractivity contribution is 7.89. The van der Waals surface area contributed by atoms with Gasteiger partial charge in [-0.1, -0.05) is 19.9 Å². The van der Waals surface area contributed by atoms with E-state index in [0.717, 1.165) is 25.9 Å². The van der Waals surface area contributed by atoms with Crippen molar-refractivity contribution >= 4 is 33.6 Å². The first-order valence-electron chi connectivity index (χ1n) is 10.7. The zero-order valence-electron chi connectivity index (χ0n) is 19.5. The van der Waals surface area contributed by atoms with E-state index in [2.05, 4.69) is 22.2 Å². The SMILES string of the molecule is CCN(CC)S(=O)(=O)c1cccc(NC(=O)CN(C)C2CCN(C)CC2)c1.O=C(O)C(=O)O. The first kappa shape index (κ1) is 28.5. The van der Waals surface area contributed by atoms with E-state index in [-0.39, 0.29) is 10.8 Å². The molecule has 1 amide bonds. The molecule has 1 saturated heterocycles. The molecule has 1 aliphatic rings. The second kappa shape index (κ2) is 13.2. The average molecular weight is 487 g/mol. The Hall–Kier alpha value is -2.54. The predicted octanol–water partition coefficient (Wildman–Crippen LogP) is 0.837. The minimum atomic E-state index is -3.54. The summed E-state index contributed by atoms with van der Waals surface area (Å²) >= 11 is 0. The van der Waals surface area contributed by atoms with Gasteiger partial charge in [0.15, 0.2) is 0 Å². The number of likely N-dealkylation sites (tertiary alicyclic amines) is 1. The van der Waals surface area contributed by atoms with Crippen LogP contribution in [0.1, 0.15) is 26.7 Å². The molecule has 0 radical (unpaired) electrons. The van der Waals surface area contributed by atoms with Crippen LogP contribution in [0.25, 0.3) is 0 Å². The zero-order valence-corrected chi connectivity index (χ0v) is 20.3. The van der Waals surface area contributed by atoms with Crippen molar-refractivity contribution in [3.05, 3.63) is 24.3 Å². The van der Waals surface area contributed by atoms with Gasteiger partial charge in [0.2, 0.25) is 15.9 Å². The van der Waals surface area contributed by atoms with Gasteiger partial charge in [0.25, 0.3) is 0 Å². The van der Waals surface area contributed by atoms with Gasteiger partial charge in [-0.05, 0) is 58.2 Å². The number of rotatable bonds is 8. The lowest BCUT2D eigenvalue weighted by Gasteiger charge is -2.34. The minimum absolute atomic E-state index is 0.131. The first-order valence-corrected chi connectivity index (χ1v) is 12.1. The molecule has 12 heteroatoms. The number of nitrogens with zero attached hydrogens (tertiary/aromatic N) is 3. The van der Waals surface area contributed by atoms with Crippen LogP contribution in [-0.2, 0) is 24.4 Å². The number of nitrogens with one attached hydrogen (secondary N) is 1. The second-order valence-corrected chi connectivity index (χ2v) is 9.66. The Morgan fingerprint density at radius 2 is 1.64 bits per heavy atom. The maximum Gasteiger partial charge on any atom is 0.414 e. The van der Waals surface area contributed by atoms with Gasteiger partial charge in [0, 0.05) is 24.8 Å². The summed E-state index contributed by atoms with van der Waals surface area (Å²) < 4.78 is 26.7. The van der Waals surface area contributed by atoms with Gasteiger partial charge in [0.05, 0.1) is 11.4 Å². The molecule has 0 atom stereocenters. The van der Waals surface area contributed by atoms with Gasteiger partial charge in [0.1, 0.15) is 0 Å². The third-order valence-electron chi connectivity index (χ3n) is 5.35. The van der Waals surface area contributed by atoms with Crippen LogP contribution < -0.4 is 5.32 Å². The van der Waals surface area contributed by atoms with Gasteiger partial charge >= 0.3 is 11.9 Å². The molecule has 3 N–H and O–H groups in total. The van der Waals surface area contributed by atoms with Crippen LogP contribution in [0.15, 0.2) is 29.2 Å². The third kappa shape index (κ3) is 9.08. The molecule has 1 heterocycles. The van der Waals surface area contributed by atoms with Gasteiger partial charge in [-0.3, -0.25) is 9.69 Å². The molecule has 0 bridgehead atoms. The Labute approximate surface area is 195 Å². The smallest absolute Gasteiger partial charge is 0.414 e. The predicted molar refractivity (Wildman–Crippen MR) is 124 cm³/mol. The monoisotopic (exact) mass is 486 g/mol. The Morgan fingerprint density at radius 1 is 1.09 bits per heavy atom. The van der Waals surface area contributed by atoms with E-state index in [1.807, 2.05) is 20.9 Å². The fraction of sp³-hybridized carbons (Fsp3) is 0.571. The lowest BCUT2D eigenvalue weighted by Crippen LogP contribution is -2.44. The number of aliphatic carboxylic acids is 2. The number of sulfonamides is 1. The highest BCUT2D eigenvalue weighted by Crippen LogP contribution is 2.20. The van der Waals surface area contributed by atoms with E-state index in [4.69, 9.17) is 19.8 Å². The Morgan fingerprint density at radius 3 is 2.12 bits per heavy atom. The highest BCUT2D eigenvalue weighted by Gasteiger charge is 2.23. The molecule has 1 aliphatic heterocycles. The van der Waals surface area contributed by atoms with E-state index < -0.39 is 22.0 Å². The second-order valence-electron chi connectivity index (χ2n) is 7.73. The molecule has 186 valence electrons. The molecule has 1 fully saturated rings. The van der Waals surface area contributed by atoms with Crippen molar-refractivity contribution in [3.63, 3.8) is 0 Å². The molecule has 0 unspecified atom stereocenters. The Kier molecular flexibility index (Phi) is 11.4. The van der Waals surface area contributed by atoms with Crippen molar-refractivity contribution in [1.29, 1.82) is 0 Å². The van der Waals surface area contributed by atoms with Crippen LogP contribution in [0.3, 0.4) is 0 Å². The van der Waals surface area contributed by atoms with E-state index >= 15 is 0 Å². The maximum atomic E-state index is 12.6. The lowest BCUT2D eigenvalue weighted by atomic mass is 10.0. The van der Waals surface area contributed by atoms with Crippen LogP contribution in [-0.4, -0.2) is 103 Å². The molecule has 2 rings (SSSR count). The summed E-state index contributed by atoms with van der Waals surface area (Å²) in [7, 11) is 0.544. The highest BCUT2D eigenvalue weighted by atomic mass is 32.2. The fourth-order valence-electron chi connectivity index (χ4n) is 3.44. The summed E-state index contributed by atoms with van der Waals surface area (Å²) in [4.78, 5) is 35.2. The van der Waals surface area contributed by atoms with E-state index in [0.29, 0.717) is 31.4 Å². The van der Waals surface area contributed by atoms with E-state index in [1.54, 1.807) is 18.2 Å². The van der Waals surface area contributed by atoms with E-state index in [9.17, 15) is 13.2 Å². The van der Waals surface area contributed by atoms with Crippen molar-refractivity contribution in [2.45, 2.75) is 37.6 Å². The third-order valence-corrected chi connectivity index (χ3v) is 7.39. The minimum Gasteiger partial charge on any atom is -0.473 e. The topological polar surface area (TPSA) is 148 Å². The van der Waals surface area contributed by atoms with Crippen molar-refractivity contribution in [2.24, 2.45) is 0 Å². The first-order chi connectivity index (χ1) is 15.4. The standard InChI is InChI=1S/C19H32N4O3S.C2H2O4/c1-5-23(6-2)27(25,26)18-9-7-8-16(14-18)20-19(24)15-22(4)17-10-12-21(3)13-11-17;3-1(4)2(5)6/h7-9,14,17H,5-6,10-13,15H2,1-4H3,(H,20,24);(H,3,4)(H,5,6). The van der Waals surface area contributed by atoms with Crippen LogP contribution in [0.2, 0.25) is 0 Å². The molecular weight excluding hydrogens is 452 g/mol. The summed E-state index contributed by atoms with van der Waals surface area (Å²) in [5.41, 5.74) is 0.505. The number of hydrogen-bond acceptors (Lipinski definition) is 7. The van der Waals surface area contributed by atoms with Gasteiger partial charge in [-0.15, -0.1) is 0 Å². The van der Waals surface area contributed by atoms with Gasteiger partial charge in [-0.2, -0.15) is 4.31 Å². The number of carbonyl (C=O) groups excluding carboxylic acids is 1. The van der Waals surface area contributed by atoms with Crippen LogP contribution in [0.5, 0.6) is 0 Å². The largest absolute Gasteiger partial charge is 0.473 e. The summed E-state index contributed by atoms with van der Waals surface area (Å²) in [6.45, 7) is 6.83. The Balaban J connectivity index is 0.000000801. The molecule has 1 aromatic carbocycles. The van der Waals surface area contributed by atoms with Crippen LogP contribution in [0, 0.1) is 0 Å². The van der Waals surface area contributed by atoms with Crippen molar-refractivity contribution in [3.8, 4) is 0 Å². The number of piperidine rings is 1. The normalized spacial score (nSPS) is 15.1. The average Bonchev–Trinajstić information content (AvgIpc) is 2.75. The number of hydrogen-bond donors (Lipinski definition) is 3. The maximum absolute atomic E-state index is 12.6. The van der Waals surface area contributed by atoms with E-state index in [1.165, 1.54) is 10.4 Å². The number of likely N-dealkylation sites (N-methyl/N-ethyl adjacent to an activating group) is 1. The summed E-state index contributed by atoms with van der Waals surface area (Å²) in [6, 6.07) is 6.87. The molecule has 0 spiro atoms.